The van der Waals surface area contributed by atoms with E-state index in [1.54, 1.807) is 6.92 Å². The van der Waals surface area contributed by atoms with Gasteiger partial charge >= 0.3 is 0 Å². The molecule has 0 spiro atoms. The Labute approximate surface area is 100 Å². The molecule has 2 heterocycles. The van der Waals surface area contributed by atoms with E-state index in [0.29, 0.717) is 5.89 Å². The lowest BCUT2D eigenvalue weighted by Gasteiger charge is -2.03. The summed E-state index contributed by atoms with van der Waals surface area (Å²) in [7, 11) is 1.96. The first-order valence-electron chi connectivity index (χ1n) is 5.72. The van der Waals surface area contributed by atoms with E-state index >= 15 is 0 Å². The molecule has 0 radical (unpaired) electrons. The van der Waals surface area contributed by atoms with Crippen LogP contribution in [0.1, 0.15) is 17.4 Å². The Hall–Kier alpha value is -1.69. The van der Waals surface area contributed by atoms with Crippen molar-refractivity contribution in [2.45, 2.75) is 19.8 Å². The zero-order valence-corrected chi connectivity index (χ0v) is 10.2. The zero-order chi connectivity index (χ0) is 12.1. The summed E-state index contributed by atoms with van der Waals surface area (Å²) >= 11 is 0. The highest BCUT2D eigenvalue weighted by atomic mass is 16.5. The van der Waals surface area contributed by atoms with Gasteiger partial charge in [0, 0.05) is 51.8 Å². The average Bonchev–Trinajstić information content (AvgIpc) is 2.88. The Bertz CT molecular complexity index is 462. The van der Waals surface area contributed by atoms with Crippen molar-refractivity contribution in [1.29, 1.82) is 0 Å². The normalized spacial score (nSPS) is 10.9. The van der Waals surface area contributed by atoms with Gasteiger partial charge in [-0.1, -0.05) is 5.16 Å². The summed E-state index contributed by atoms with van der Waals surface area (Å²) in [5, 5.41) is 11.3. The highest BCUT2D eigenvalue weighted by molar-refractivity contribution is 5.00. The number of hydrogen-bond donors (Lipinski definition) is 1. The Morgan fingerprint density at radius 2 is 2.18 bits per heavy atom. The predicted octanol–water partition coefficient (Wildman–Crippen LogP) is 0.486. The van der Waals surface area contributed by atoms with Gasteiger partial charge in [-0.05, 0) is 6.07 Å². The van der Waals surface area contributed by atoms with Crippen LogP contribution in [0.2, 0.25) is 0 Å². The quantitative estimate of drug-likeness (QED) is 0.738. The first-order valence-corrected chi connectivity index (χ1v) is 5.72. The summed E-state index contributed by atoms with van der Waals surface area (Å²) in [4.78, 5) is 4.14. The van der Waals surface area contributed by atoms with E-state index in [-0.39, 0.29) is 0 Å². The Balaban J connectivity index is 1.62. The molecule has 2 rings (SSSR count). The van der Waals surface area contributed by atoms with E-state index in [1.807, 2.05) is 24.0 Å². The number of hydrogen-bond acceptors (Lipinski definition) is 5. The number of nitrogens with one attached hydrogen (secondary N) is 1. The molecule has 0 saturated heterocycles. The van der Waals surface area contributed by atoms with E-state index in [0.717, 1.165) is 31.8 Å². The zero-order valence-electron chi connectivity index (χ0n) is 10.2. The van der Waals surface area contributed by atoms with Gasteiger partial charge in [0.05, 0.1) is 0 Å². The largest absolute Gasteiger partial charge is 0.340 e. The lowest BCUT2D eigenvalue weighted by molar-refractivity contribution is 0.387. The topological polar surface area (TPSA) is 68.8 Å². The van der Waals surface area contributed by atoms with Gasteiger partial charge in [-0.3, -0.25) is 4.68 Å². The molecule has 0 bridgehead atoms. The minimum Gasteiger partial charge on any atom is -0.340 e. The van der Waals surface area contributed by atoms with Gasteiger partial charge in [-0.2, -0.15) is 10.1 Å². The summed E-state index contributed by atoms with van der Waals surface area (Å²) in [5.74, 6) is 1.38. The van der Waals surface area contributed by atoms with Crippen LogP contribution < -0.4 is 5.32 Å². The Kier molecular flexibility index (Phi) is 3.87. The van der Waals surface area contributed by atoms with Gasteiger partial charge in [-0.15, -0.1) is 0 Å². The van der Waals surface area contributed by atoms with Crippen LogP contribution in [0, 0.1) is 6.92 Å². The van der Waals surface area contributed by atoms with Gasteiger partial charge in [0.2, 0.25) is 5.89 Å². The van der Waals surface area contributed by atoms with Crippen molar-refractivity contribution in [3.8, 4) is 0 Å². The van der Waals surface area contributed by atoms with E-state index in [4.69, 9.17) is 4.52 Å². The molecule has 0 atom stereocenters. The minimum atomic E-state index is 0.620. The molecule has 0 fully saturated rings. The summed E-state index contributed by atoms with van der Waals surface area (Å²) in [5.41, 5.74) is 1.23. The maximum atomic E-state index is 4.90. The second kappa shape index (κ2) is 5.58. The molecular formula is C11H17N5O. The molecule has 0 amide bonds. The number of rotatable bonds is 6. The van der Waals surface area contributed by atoms with Crippen molar-refractivity contribution < 1.29 is 4.52 Å². The molecule has 0 unspecified atom stereocenters. The standard InChI is InChI=1S/C11H17N5O/c1-9-14-11(15-17-9)5-7-12-6-3-10-4-8-13-16(10)2/h4,8,12H,3,5-7H2,1-2H3. The third kappa shape index (κ3) is 3.39. The van der Waals surface area contributed by atoms with Crippen LogP contribution in [-0.4, -0.2) is 33.0 Å². The fourth-order valence-corrected chi connectivity index (χ4v) is 1.63. The minimum absolute atomic E-state index is 0.620. The number of aryl methyl sites for hydroxylation is 2. The van der Waals surface area contributed by atoms with Crippen molar-refractivity contribution in [3.05, 3.63) is 29.7 Å². The van der Waals surface area contributed by atoms with Crippen molar-refractivity contribution in [2.24, 2.45) is 7.05 Å². The smallest absolute Gasteiger partial charge is 0.223 e. The van der Waals surface area contributed by atoms with Crippen LogP contribution >= 0.6 is 0 Å². The van der Waals surface area contributed by atoms with Crippen molar-refractivity contribution in [3.63, 3.8) is 0 Å². The molecular weight excluding hydrogens is 218 g/mol. The molecule has 1 N–H and O–H groups in total. The summed E-state index contributed by atoms with van der Waals surface area (Å²) in [6.07, 6.45) is 3.59. The van der Waals surface area contributed by atoms with Gasteiger partial charge < -0.3 is 9.84 Å². The molecule has 92 valence electrons. The van der Waals surface area contributed by atoms with Crippen LogP contribution in [-0.2, 0) is 19.9 Å². The van der Waals surface area contributed by atoms with Crippen LogP contribution in [0.4, 0.5) is 0 Å². The van der Waals surface area contributed by atoms with Crippen LogP contribution in [0.5, 0.6) is 0 Å². The molecule has 2 aromatic rings. The van der Waals surface area contributed by atoms with E-state index < -0.39 is 0 Å². The Morgan fingerprint density at radius 1 is 1.35 bits per heavy atom. The van der Waals surface area contributed by atoms with Gasteiger partial charge in [0.15, 0.2) is 5.82 Å². The van der Waals surface area contributed by atoms with Crippen LogP contribution in [0.15, 0.2) is 16.8 Å². The van der Waals surface area contributed by atoms with Crippen molar-refractivity contribution in [2.75, 3.05) is 13.1 Å². The lowest BCUT2D eigenvalue weighted by atomic mass is 10.3. The lowest BCUT2D eigenvalue weighted by Crippen LogP contribution is -2.21. The first kappa shape index (κ1) is 11.8. The summed E-state index contributed by atoms with van der Waals surface area (Å²) < 4.78 is 6.79. The average molecular weight is 235 g/mol. The monoisotopic (exact) mass is 235 g/mol. The molecule has 0 aliphatic carbocycles. The van der Waals surface area contributed by atoms with E-state index in [9.17, 15) is 0 Å². The maximum Gasteiger partial charge on any atom is 0.223 e. The molecule has 0 aliphatic rings. The summed E-state index contributed by atoms with van der Waals surface area (Å²) in [6, 6.07) is 2.03. The molecule has 0 aliphatic heterocycles. The second-order valence-corrected chi connectivity index (χ2v) is 3.93. The van der Waals surface area contributed by atoms with Crippen LogP contribution in [0.3, 0.4) is 0 Å². The van der Waals surface area contributed by atoms with Gasteiger partial charge in [0.25, 0.3) is 0 Å². The molecule has 17 heavy (non-hydrogen) atoms. The molecule has 0 aromatic carbocycles. The predicted molar refractivity (Wildman–Crippen MR) is 62.5 cm³/mol. The molecule has 6 nitrogen and oxygen atoms in total. The highest BCUT2D eigenvalue weighted by Gasteiger charge is 2.01. The Morgan fingerprint density at radius 3 is 2.82 bits per heavy atom. The molecule has 0 saturated carbocycles. The second-order valence-electron chi connectivity index (χ2n) is 3.93. The van der Waals surface area contributed by atoms with E-state index in [1.165, 1.54) is 5.69 Å². The van der Waals surface area contributed by atoms with Crippen molar-refractivity contribution in [1.82, 2.24) is 25.2 Å². The fourth-order valence-electron chi connectivity index (χ4n) is 1.63. The first-order chi connectivity index (χ1) is 8.25. The molecule has 2 aromatic heterocycles. The van der Waals surface area contributed by atoms with E-state index in [2.05, 4.69) is 20.6 Å². The maximum absolute atomic E-state index is 4.90. The van der Waals surface area contributed by atoms with Crippen molar-refractivity contribution >= 4 is 0 Å². The summed E-state index contributed by atoms with van der Waals surface area (Å²) in [6.45, 7) is 3.58. The highest BCUT2D eigenvalue weighted by Crippen LogP contribution is 1.97. The van der Waals surface area contributed by atoms with Gasteiger partial charge in [0.1, 0.15) is 0 Å². The number of nitrogens with zero attached hydrogens (tertiary/aromatic N) is 4. The number of aromatic nitrogens is 4. The third-order valence-electron chi connectivity index (χ3n) is 2.58. The molecule has 6 heteroatoms. The third-order valence-corrected chi connectivity index (χ3v) is 2.58. The fraction of sp³-hybridized carbons (Fsp3) is 0.545. The van der Waals surface area contributed by atoms with Gasteiger partial charge in [-0.25, -0.2) is 0 Å². The van der Waals surface area contributed by atoms with Crippen LogP contribution in [0.25, 0.3) is 0 Å². The SMILES string of the molecule is Cc1nc(CCNCCc2ccnn2C)no1.